The molecule has 2 aromatic rings. The summed E-state index contributed by atoms with van der Waals surface area (Å²) in [6.07, 6.45) is 0. The number of amides is 4. The third kappa shape index (κ3) is 3.62. The van der Waals surface area contributed by atoms with Crippen LogP contribution in [0.5, 0.6) is 5.75 Å². The number of halogens is 1. The van der Waals surface area contributed by atoms with E-state index in [0.29, 0.717) is 22.1 Å². The molecule has 1 heterocycles. The van der Waals surface area contributed by atoms with Crippen molar-refractivity contribution in [1.82, 2.24) is 5.32 Å². The Morgan fingerprint density at radius 3 is 2.65 bits per heavy atom. The van der Waals surface area contributed by atoms with Crippen molar-refractivity contribution in [2.24, 2.45) is 5.92 Å². The van der Waals surface area contributed by atoms with Gasteiger partial charge in [-0.2, -0.15) is 0 Å². The fourth-order valence-electron chi connectivity index (χ4n) is 2.57. The molecule has 2 aromatic carbocycles. The number of nitrogens with zero attached hydrogens (tertiary/aromatic N) is 1. The van der Waals surface area contributed by atoms with Gasteiger partial charge in [0.25, 0.3) is 0 Å². The first-order valence-corrected chi connectivity index (χ1v) is 8.19. The zero-order valence-electron chi connectivity index (χ0n) is 13.9. The number of methoxy groups -OCH3 is 1. The highest BCUT2D eigenvalue weighted by Gasteiger charge is 2.39. The maximum atomic E-state index is 12.8. The predicted octanol–water partition coefficient (Wildman–Crippen LogP) is 2.66. The molecule has 2 N–H and O–H groups in total. The van der Waals surface area contributed by atoms with Crippen LogP contribution < -0.4 is 20.3 Å². The van der Waals surface area contributed by atoms with Gasteiger partial charge in [0.15, 0.2) is 0 Å². The number of nitrogens with one attached hydrogen (secondary N) is 2. The molecule has 8 heteroatoms. The third-order valence-corrected chi connectivity index (χ3v) is 4.17. The van der Waals surface area contributed by atoms with Crippen molar-refractivity contribution in [1.29, 1.82) is 0 Å². The Morgan fingerprint density at radius 2 is 1.96 bits per heavy atom. The molecule has 134 valence electrons. The molecular formula is C18H16ClN3O4. The van der Waals surface area contributed by atoms with E-state index in [4.69, 9.17) is 16.3 Å². The molecule has 3 rings (SSSR count). The highest BCUT2D eigenvalue weighted by Crippen LogP contribution is 2.25. The van der Waals surface area contributed by atoms with Gasteiger partial charge < -0.3 is 15.4 Å². The van der Waals surface area contributed by atoms with Gasteiger partial charge in [0.1, 0.15) is 11.7 Å². The molecule has 0 spiro atoms. The first-order chi connectivity index (χ1) is 12.5. The van der Waals surface area contributed by atoms with E-state index >= 15 is 0 Å². The van der Waals surface area contributed by atoms with Gasteiger partial charge in [-0.05, 0) is 36.4 Å². The summed E-state index contributed by atoms with van der Waals surface area (Å²) in [5, 5.41) is 5.76. The highest BCUT2D eigenvalue weighted by molar-refractivity contribution is 6.30. The minimum absolute atomic E-state index is 0.0719. The van der Waals surface area contributed by atoms with Crippen molar-refractivity contribution in [3.05, 3.63) is 53.6 Å². The van der Waals surface area contributed by atoms with Crippen LogP contribution in [-0.4, -0.2) is 31.5 Å². The topological polar surface area (TPSA) is 87.7 Å². The number of urea groups is 1. The van der Waals surface area contributed by atoms with Crippen molar-refractivity contribution < 1.29 is 19.1 Å². The van der Waals surface area contributed by atoms with Crippen LogP contribution in [0.2, 0.25) is 5.02 Å². The predicted molar refractivity (Wildman–Crippen MR) is 97.5 cm³/mol. The maximum Gasteiger partial charge on any atom is 0.328 e. The van der Waals surface area contributed by atoms with Gasteiger partial charge in [0.2, 0.25) is 11.8 Å². The number of ether oxygens (including phenoxy) is 1. The first kappa shape index (κ1) is 17.8. The van der Waals surface area contributed by atoms with Crippen molar-refractivity contribution in [2.75, 3.05) is 23.9 Å². The summed E-state index contributed by atoms with van der Waals surface area (Å²) in [5.41, 5.74) is 0.841. The van der Waals surface area contributed by atoms with Gasteiger partial charge in [0.05, 0.1) is 12.8 Å². The molecule has 26 heavy (non-hydrogen) atoms. The molecule has 0 saturated carbocycles. The number of carbonyl (C=O) groups is 3. The van der Waals surface area contributed by atoms with Crippen LogP contribution in [0, 0.1) is 5.92 Å². The van der Waals surface area contributed by atoms with Gasteiger partial charge in [0, 0.05) is 23.3 Å². The fraction of sp³-hybridized carbons (Fsp3) is 0.167. The van der Waals surface area contributed by atoms with E-state index in [-0.39, 0.29) is 6.54 Å². The lowest BCUT2D eigenvalue weighted by Crippen LogP contribution is -2.58. The van der Waals surface area contributed by atoms with E-state index in [0.717, 1.165) is 4.90 Å². The largest absolute Gasteiger partial charge is 0.497 e. The molecule has 1 aliphatic heterocycles. The second kappa shape index (κ2) is 7.45. The molecule has 0 aromatic heterocycles. The molecule has 1 unspecified atom stereocenters. The summed E-state index contributed by atoms with van der Waals surface area (Å²) in [7, 11) is 1.49. The molecular weight excluding hydrogens is 358 g/mol. The molecule has 4 amide bonds. The van der Waals surface area contributed by atoms with Gasteiger partial charge >= 0.3 is 6.03 Å². The number of benzene rings is 2. The molecule has 1 atom stereocenters. The summed E-state index contributed by atoms with van der Waals surface area (Å²) < 4.78 is 5.12. The van der Waals surface area contributed by atoms with E-state index in [9.17, 15) is 14.4 Å². The lowest BCUT2D eigenvalue weighted by atomic mass is 10.0. The molecule has 0 aliphatic carbocycles. The van der Waals surface area contributed by atoms with Crippen LogP contribution in [0.3, 0.4) is 0 Å². The summed E-state index contributed by atoms with van der Waals surface area (Å²) >= 11 is 5.82. The van der Waals surface area contributed by atoms with Crippen LogP contribution in [0.25, 0.3) is 0 Å². The fourth-order valence-corrected chi connectivity index (χ4v) is 2.70. The average molecular weight is 374 g/mol. The van der Waals surface area contributed by atoms with Crippen LogP contribution in [0.15, 0.2) is 48.5 Å². The third-order valence-electron chi connectivity index (χ3n) is 3.92. The summed E-state index contributed by atoms with van der Waals surface area (Å²) in [5.74, 6) is -1.66. The number of hydrogen-bond donors (Lipinski definition) is 2. The monoisotopic (exact) mass is 373 g/mol. The standard InChI is InChI=1S/C18H16ClN3O4/c1-26-14-4-2-3-13(9-14)22-17(24)15(10-20-18(22)25)16(23)21-12-7-5-11(19)6-8-12/h2-9,15H,10H2,1H3,(H,20,25)(H,21,23). The first-order valence-electron chi connectivity index (χ1n) is 7.82. The lowest BCUT2D eigenvalue weighted by Gasteiger charge is -2.30. The maximum absolute atomic E-state index is 12.8. The Labute approximate surface area is 154 Å². The minimum Gasteiger partial charge on any atom is -0.497 e. The lowest BCUT2D eigenvalue weighted by molar-refractivity contribution is -0.130. The Hall–Kier alpha value is -3.06. The Morgan fingerprint density at radius 1 is 1.23 bits per heavy atom. The molecule has 1 fully saturated rings. The van der Waals surface area contributed by atoms with Crippen LogP contribution in [-0.2, 0) is 9.59 Å². The zero-order valence-corrected chi connectivity index (χ0v) is 14.6. The molecule has 1 saturated heterocycles. The zero-order chi connectivity index (χ0) is 18.7. The minimum atomic E-state index is -1.05. The highest BCUT2D eigenvalue weighted by atomic mass is 35.5. The van der Waals surface area contributed by atoms with E-state index in [1.54, 1.807) is 48.5 Å². The van der Waals surface area contributed by atoms with Gasteiger partial charge in [-0.3, -0.25) is 9.59 Å². The SMILES string of the molecule is COc1cccc(N2C(=O)NCC(C(=O)Nc3ccc(Cl)cc3)C2=O)c1. The van der Waals surface area contributed by atoms with Crippen molar-refractivity contribution in [3.63, 3.8) is 0 Å². The summed E-state index contributed by atoms with van der Waals surface area (Å²) in [6.45, 7) is -0.0719. The number of imide groups is 1. The van der Waals surface area contributed by atoms with Crippen LogP contribution >= 0.6 is 11.6 Å². The molecule has 1 aliphatic rings. The van der Waals surface area contributed by atoms with Crippen molar-refractivity contribution in [3.8, 4) is 5.75 Å². The summed E-state index contributed by atoms with van der Waals surface area (Å²) in [4.78, 5) is 38.4. The van der Waals surface area contributed by atoms with Crippen LogP contribution in [0.4, 0.5) is 16.2 Å². The number of carbonyl (C=O) groups excluding carboxylic acids is 3. The molecule has 0 bridgehead atoms. The van der Waals surface area contributed by atoms with Gasteiger partial charge in [-0.25, -0.2) is 9.69 Å². The van der Waals surface area contributed by atoms with Gasteiger partial charge in [-0.15, -0.1) is 0 Å². The quantitative estimate of drug-likeness (QED) is 0.806. The summed E-state index contributed by atoms with van der Waals surface area (Å²) in [6, 6.07) is 12.4. The van der Waals surface area contributed by atoms with E-state index in [2.05, 4.69) is 10.6 Å². The average Bonchev–Trinajstić information content (AvgIpc) is 2.64. The normalized spacial score (nSPS) is 16.8. The molecule has 0 radical (unpaired) electrons. The van der Waals surface area contributed by atoms with E-state index in [1.165, 1.54) is 7.11 Å². The van der Waals surface area contributed by atoms with Crippen molar-refractivity contribution >= 4 is 40.8 Å². The second-order valence-electron chi connectivity index (χ2n) is 5.61. The number of hydrogen-bond acceptors (Lipinski definition) is 4. The van der Waals surface area contributed by atoms with E-state index < -0.39 is 23.8 Å². The molecule has 7 nitrogen and oxygen atoms in total. The Kier molecular flexibility index (Phi) is 5.09. The van der Waals surface area contributed by atoms with E-state index in [1.807, 2.05) is 0 Å². The Balaban J connectivity index is 1.80. The second-order valence-corrected chi connectivity index (χ2v) is 6.05. The Bertz CT molecular complexity index is 854. The van der Waals surface area contributed by atoms with Crippen LogP contribution in [0.1, 0.15) is 0 Å². The van der Waals surface area contributed by atoms with Gasteiger partial charge in [-0.1, -0.05) is 17.7 Å². The number of anilines is 2. The van der Waals surface area contributed by atoms with Crippen molar-refractivity contribution in [2.45, 2.75) is 0 Å². The number of rotatable bonds is 4. The smallest absolute Gasteiger partial charge is 0.328 e.